The summed E-state index contributed by atoms with van der Waals surface area (Å²) < 4.78 is 5.01. The van der Waals surface area contributed by atoms with Gasteiger partial charge >= 0.3 is 5.97 Å². The molecule has 1 N–H and O–H groups in total. The number of carbonyl (C=O) groups is 2. The van der Waals surface area contributed by atoms with E-state index in [1.165, 1.54) is 0 Å². The van der Waals surface area contributed by atoms with Gasteiger partial charge in [-0.2, -0.15) is 0 Å². The number of esters is 1. The molecule has 0 aliphatic rings. The van der Waals surface area contributed by atoms with Crippen molar-refractivity contribution in [3.8, 4) is 0 Å². The Balaban J connectivity index is 2.04. The van der Waals surface area contributed by atoms with Crippen molar-refractivity contribution in [3.63, 3.8) is 0 Å². The van der Waals surface area contributed by atoms with Gasteiger partial charge in [0, 0.05) is 6.42 Å². The van der Waals surface area contributed by atoms with Gasteiger partial charge in [-0.15, -0.1) is 0 Å². The number of rotatable bonds is 6. The van der Waals surface area contributed by atoms with Crippen LogP contribution in [-0.2, 0) is 9.53 Å². The van der Waals surface area contributed by atoms with Gasteiger partial charge in [0.05, 0.1) is 17.9 Å². The van der Waals surface area contributed by atoms with Crippen molar-refractivity contribution in [2.75, 3.05) is 11.9 Å². The third-order valence-corrected chi connectivity index (χ3v) is 3.56. The second kappa shape index (κ2) is 8.13. The lowest BCUT2D eigenvalue weighted by Crippen LogP contribution is -2.17. The van der Waals surface area contributed by atoms with E-state index in [1.54, 1.807) is 31.2 Å². The summed E-state index contributed by atoms with van der Waals surface area (Å²) in [5.41, 5.74) is 1.97. The van der Waals surface area contributed by atoms with Crippen LogP contribution in [0.5, 0.6) is 0 Å². The van der Waals surface area contributed by atoms with Crippen LogP contribution in [0, 0.1) is 0 Å². The minimum absolute atomic E-state index is 0.103. The van der Waals surface area contributed by atoms with Gasteiger partial charge in [0.15, 0.2) is 0 Å². The number of nitrogens with one attached hydrogen (secondary N) is 1. The van der Waals surface area contributed by atoms with Crippen LogP contribution in [0.3, 0.4) is 0 Å². The Bertz CT molecular complexity index is 667. The fraction of sp³-hybridized carbons (Fsp3) is 0.263. The van der Waals surface area contributed by atoms with Crippen LogP contribution in [0.25, 0.3) is 0 Å². The third kappa shape index (κ3) is 4.68. The number of amides is 1. The molecule has 0 radical (unpaired) electrons. The maximum atomic E-state index is 12.3. The molecule has 0 fully saturated rings. The van der Waals surface area contributed by atoms with E-state index in [4.69, 9.17) is 4.74 Å². The second-order valence-corrected chi connectivity index (χ2v) is 5.33. The van der Waals surface area contributed by atoms with Gasteiger partial charge in [0.25, 0.3) is 0 Å². The van der Waals surface area contributed by atoms with E-state index in [1.807, 2.05) is 37.3 Å². The van der Waals surface area contributed by atoms with Crippen molar-refractivity contribution in [3.05, 3.63) is 65.7 Å². The zero-order valence-corrected chi connectivity index (χ0v) is 13.4. The van der Waals surface area contributed by atoms with Crippen LogP contribution in [0.4, 0.5) is 5.69 Å². The van der Waals surface area contributed by atoms with Crippen molar-refractivity contribution in [1.82, 2.24) is 0 Å². The summed E-state index contributed by atoms with van der Waals surface area (Å²) in [6.45, 7) is 4.05. The number of hydrogen-bond donors (Lipinski definition) is 1. The van der Waals surface area contributed by atoms with E-state index < -0.39 is 5.97 Å². The zero-order chi connectivity index (χ0) is 16.7. The van der Waals surface area contributed by atoms with Gasteiger partial charge in [0.1, 0.15) is 0 Å². The molecule has 4 heteroatoms. The molecule has 0 aliphatic carbocycles. The zero-order valence-electron chi connectivity index (χ0n) is 13.4. The number of carbonyl (C=O) groups excluding carboxylic acids is 2. The molecular formula is C19H21NO3. The molecule has 1 atom stereocenters. The third-order valence-electron chi connectivity index (χ3n) is 3.56. The van der Waals surface area contributed by atoms with Gasteiger partial charge in [0.2, 0.25) is 5.91 Å². The predicted octanol–water partition coefficient (Wildman–Crippen LogP) is 4.00. The van der Waals surface area contributed by atoms with Crippen LogP contribution in [0.15, 0.2) is 54.6 Å². The lowest BCUT2D eigenvalue weighted by Gasteiger charge is -2.13. The Kier molecular flexibility index (Phi) is 5.92. The summed E-state index contributed by atoms with van der Waals surface area (Å²) in [6.07, 6.45) is 0.348. The first-order chi connectivity index (χ1) is 11.1. The molecule has 0 aromatic heterocycles. The highest BCUT2D eigenvalue weighted by atomic mass is 16.5. The Labute approximate surface area is 136 Å². The Hall–Kier alpha value is -2.62. The Morgan fingerprint density at radius 3 is 2.39 bits per heavy atom. The molecular weight excluding hydrogens is 290 g/mol. The number of ether oxygens (including phenoxy) is 1. The first kappa shape index (κ1) is 16.7. The lowest BCUT2D eigenvalue weighted by atomic mass is 9.97. The normalized spacial score (nSPS) is 11.6. The maximum Gasteiger partial charge on any atom is 0.340 e. The van der Waals surface area contributed by atoms with E-state index in [2.05, 4.69) is 5.32 Å². The van der Waals surface area contributed by atoms with Crippen molar-refractivity contribution >= 4 is 17.6 Å². The molecule has 1 amide bonds. The van der Waals surface area contributed by atoms with E-state index in [0.29, 0.717) is 24.3 Å². The minimum atomic E-state index is -0.431. The first-order valence-electron chi connectivity index (χ1n) is 7.72. The average Bonchev–Trinajstić information content (AvgIpc) is 2.56. The van der Waals surface area contributed by atoms with E-state index in [9.17, 15) is 9.59 Å². The highest BCUT2D eigenvalue weighted by Crippen LogP contribution is 2.21. The summed E-state index contributed by atoms with van der Waals surface area (Å²) >= 11 is 0. The highest BCUT2D eigenvalue weighted by molar-refractivity contribution is 6.01. The van der Waals surface area contributed by atoms with Gasteiger partial charge in [-0.25, -0.2) is 4.79 Å². The molecule has 0 saturated carbocycles. The molecule has 23 heavy (non-hydrogen) atoms. The predicted molar refractivity (Wildman–Crippen MR) is 90.5 cm³/mol. The molecule has 0 aliphatic heterocycles. The summed E-state index contributed by atoms with van der Waals surface area (Å²) in [6, 6.07) is 16.7. The fourth-order valence-electron chi connectivity index (χ4n) is 2.36. The van der Waals surface area contributed by atoms with Gasteiger partial charge in [-0.05, 0) is 30.5 Å². The van der Waals surface area contributed by atoms with Crippen LogP contribution in [0.1, 0.15) is 42.1 Å². The molecule has 0 bridgehead atoms. The molecule has 0 unspecified atom stereocenters. The highest BCUT2D eigenvalue weighted by Gasteiger charge is 2.16. The Morgan fingerprint density at radius 2 is 1.70 bits per heavy atom. The van der Waals surface area contributed by atoms with Gasteiger partial charge in [-0.3, -0.25) is 4.79 Å². The van der Waals surface area contributed by atoms with Gasteiger partial charge < -0.3 is 10.1 Å². The van der Waals surface area contributed by atoms with Gasteiger partial charge in [-0.1, -0.05) is 49.4 Å². The quantitative estimate of drug-likeness (QED) is 0.821. The van der Waals surface area contributed by atoms with Crippen molar-refractivity contribution < 1.29 is 14.3 Å². The smallest absolute Gasteiger partial charge is 0.340 e. The van der Waals surface area contributed by atoms with Crippen molar-refractivity contribution in [2.45, 2.75) is 26.2 Å². The van der Waals surface area contributed by atoms with Crippen molar-refractivity contribution in [2.24, 2.45) is 0 Å². The Morgan fingerprint density at radius 1 is 1.04 bits per heavy atom. The van der Waals surface area contributed by atoms with E-state index >= 15 is 0 Å². The van der Waals surface area contributed by atoms with Crippen LogP contribution in [0.2, 0.25) is 0 Å². The number of anilines is 1. The fourth-order valence-corrected chi connectivity index (χ4v) is 2.36. The molecule has 4 nitrogen and oxygen atoms in total. The van der Waals surface area contributed by atoms with E-state index in [0.717, 1.165) is 5.56 Å². The standard InChI is InChI=1S/C19H21NO3/c1-3-23-19(22)16-11-7-8-12-17(16)20-18(21)13-14(2)15-9-5-4-6-10-15/h4-12,14H,3,13H2,1-2H3,(H,20,21)/t14-/m0/s1. The van der Waals surface area contributed by atoms with Crippen LogP contribution in [-0.4, -0.2) is 18.5 Å². The number of benzene rings is 2. The van der Waals surface area contributed by atoms with Crippen LogP contribution >= 0.6 is 0 Å². The molecule has 120 valence electrons. The molecule has 0 spiro atoms. The number of para-hydroxylation sites is 1. The number of hydrogen-bond acceptors (Lipinski definition) is 3. The molecule has 0 heterocycles. The first-order valence-corrected chi connectivity index (χ1v) is 7.72. The largest absolute Gasteiger partial charge is 0.462 e. The van der Waals surface area contributed by atoms with E-state index in [-0.39, 0.29) is 11.8 Å². The molecule has 0 saturated heterocycles. The van der Waals surface area contributed by atoms with Crippen molar-refractivity contribution in [1.29, 1.82) is 0 Å². The lowest BCUT2D eigenvalue weighted by molar-refractivity contribution is -0.116. The SMILES string of the molecule is CCOC(=O)c1ccccc1NC(=O)C[C@H](C)c1ccccc1. The summed E-state index contributed by atoms with van der Waals surface area (Å²) in [7, 11) is 0. The molecule has 2 aromatic carbocycles. The topological polar surface area (TPSA) is 55.4 Å². The molecule has 2 rings (SSSR count). The second-order valence-electron chi connectivity index (χ2n) is 5.33. The minimum Gasteiger partial charge on any atom is -0.462 e. The molecule has 2 aromatic rings. The monoisotopic (exact) mass is 311 g/mol. The summed E-state index contributed by atoms with van der Waals surface area (Å²) in [5.74, 6) is -0.455. The summed E-state index contributed by atoms with van der Waals surface area (Å²) in [4.78, 5) is 24.2. The average molecular weight is 311 g/mol. The van der Waals surface area contributed by atoms with Crippen LogP contribution < -0.4 is 5.32 Å². The maximum absolute atomic E-state index is 12.3. The summed E-state index contributed by atoms with van der Waals surface area (Å²) in [5, 5.41) is 2.81.